The minimum Gasteiger partial charge on any atom is -0.350 e. The van der Waals surface area contributed by atoms with E-state index in [1.54, 1.807) is 12.1 Å². The molecule has 1 unspecified atom stereocenters. The van der Waals surface area contributed by atoms with E-state index >= 15 is 0 Å². The van der Waals surface area contributed by atoms with Crippen molar-refractivity contribution in [1.82, 2.24) is 10.6 Å². The van der Waals surface area contributed by atoms with Crippen LogP contribution in [0.1, 0.15) is 25.3 Å². The number of rotatable bonds is 3. The summed E-state index contributed by atoms with van der Waals surface area (Å²) >= 11 is 0. The molecule has 0 radical (unpaired) electrons. The molecule has 1 aromatic carbocycles. The standard InChI is InChI=1S/C13H17FN2O/c1-13(7-2-8-16-13)12(17)15-9-10-3-5-11(14)6-4-10/h3-6,16H,2,7-9H2,1H3,(H,15,17). The van der Waals surface area contributed by atoms with Gasteiger partial charge in [0.25, 0.3) is 0 Å². The maximum atomic E-state index is 12.7. The molecule has 4 heteroatoms. The number of nitrogens with one attached hydrogen (secondary N) is 2. The second-order valence-electron chi connectivity index (χ2n) is 4.67. The van der Waals surface area contributed by atoms with Crippen LogP contribution in [0.3, 0.4) is 0 Å². The van der Waals surface area contributed by atoms with Crippen LogP contribution in [0.5, 0.6) is 0 Å². The fourth-order valence-corrected chi connectivity index (χ4v) is 2.07. The molecule has 0 spiro atoms. The molecular weight excluding hydrogens is 219 g/mol. The normalized spacial score (nSPS) is 23.6. The Balaban J connectivity index is 1.89. The van der Waals surface area contributed by atoms with E-state index < -0.39 is 5.54 Å². The van der Waals surface area contributed by atoms with Crippen molar-refractivity contribution in [3.8, 4) is 0 Å². The molecule has 3 nitrogen and oxygen atoms in total. The topological polar surface area (TPSA) is 41.1 Å². The van der Waals surface area contributed by atoms with E-state index in [2.05, 4.69) is 10.6 Å². The molecule has 1 aliphatic heterocycles. The second kappa shape index (κ2) is 4.84. The van der Waals surface area contributed by atoms with Crippen LogP contribution < -0.4 is 10.6 Å². The highest BCUT2D eigenvalue weighted by Crippen LogP contribution is 2.18. The Bertz CT molecular complexity index is 396. The lowest BCUT2D eigenvalue weighted by molar-refractivity contribution is -0.126. The number of hydrogen-bond donors (Lipinski definition) is 2. The molecule has 1 amide bonds. The van der Waals surface area contributed by atoms with E-state index in [4.69, 9.17) is 0 Å². The minimum absolute atomic E-state index is 0.0133. The fourth-order valence-electron chi connectivity index (χ4n) is 2.07. The molecule has 0 saturated carbocycles. The van der Waals surface area contributed by atoms with Crippen molar-refractivity contribution in [2.75, 3.05) is 6.54 Å². The average Bonchev–Trinajstić information content (AvgIpc) is 2.76. The predicted octanol–water partition coefficient (Wildman–Crippen LogP) is 1.58. The first-order valence-electron chi connectivity index (χ1n) is 5.88. The molecule has 1 fully saturated rings. The molecule has 0 aliphatic carbocycles. The van der Waals surface area contributed by atoms with E-state index in [-0.39, 0.29) is 11.7 Å². The Morgan fingerprint density at radius 2 is 2.18 bits per heavy atom. The highest BCUT2D eigenvalue weighted by atomic mass is 19.1. The zero-order valence-corrected chi connectivity index (χ0v) is 9.92. The number of amides is 1. The van der Waals surface area contributed by atoms with Gasteiger partial charge in [0, 0.05) is 6.54 Å². The van der Waals surface area contributed by atoms with Crippen LogP contribution in [0, 0.1) is 5.82 Å². The fraction of sp³-hybridized carbons (Fsp3) is 0.462. The zero-order chi connectivity index (χ0) is 12.3. The number of halogens is 1. The first-order valence-corrected chi connectivity index (χ1v) is 5.88. The van der Waals surface area contributed by atoms with E-state index in [1.807, 2.05) is 6.92 Å². The predicted molar refractivity (Wildman–Crippen MR) is 63.9 cm³/mol. The highest BCUT2D eigenvalue weighted by molar-refractivity contribution is 5.86. The van der Waals surface area contributed by atoms with Crippen LogP contribution >= 0.6 is 0 Å². The van der Waals surface area contributed by atoms with E-state index in [0.717, 1.165) is 24.9 Å². The van der Waals surface area contributed by atoms with Crippen LogP contribution in [0.2, 0.25) is 0 Å². The van der Waals surface area contributed by atoms with Gasteiger partial charge in [-0.05, 0) is 44.0 Å². The first-order chi connectivity index (χ1) is 8.10. The summed E-state index contributed by atoms with van der Waals surface area (Å²) in [6.45, 7) is 3.25. The largest absolute Gasteiger partial charge is 0.350 e. The smallest absolute Gasteiger partial charge is 0.240 e. The van der Waals surface area contributed by atoms with Gasteiger partial charge in [-0.25, -0.2) is 4.39 Å². The van der Waals surface area contributed by atoms with Crippen molar-refractivity contribution < 1.29 is 9.18 Å². The summed E-state index contributed by atoms with van der Waals surface area (Å²) in [6.07, 6.45) is 1.89. The molecule has 0 bridgehead atoms. The molecule has 1 aromatic rings. The highest BCUT2D eigenvalue weighted by Gasteiger charge is 2.35. The Hall–Kier alpha value is -1.42. The number of carbonyl (C=O) groups is 1. The monoisotopic (exact) mass is 236 g/mol. The van der Waals surface area contributed by atoms with Crippen molar-refractivity contribution in [3.05, 3.63) is 35.6 Å². The lowest BCUT2D eigenvalue weighted by atomic mass is 9.99. The van der Waals surface area contributed by atoms with E-state index in [1.165, 1.54) is 12.1 Å². The van der Waals surface area contributed by atoms with Gasteiger partial charge in [-0.3, -0.25) is 4.79 Å². The van der Waals surface area contributed by atoms with Crippen LogP contribution in [-0.2, 0) is 11.3 Å². The Morgan fingerprint density at radius 3 is 2.76 bits per heavy atom. The van der Waals surface area contributed by atoms with Crippen molar-refractivity contribution in [2.45, 2.75) is 31.8 Å². The SMILES string of the molecule is CC1(C(=O)NCc2ccc(F)cc2)CCCN1. The average molecular weight is 236 g/mol. The number of carbonyl (C=O) groups excluding carboxylic acids is 1. The molecule has 0 aromatic heterocycles. The summed E-state index contributed by atoms with van der Waals surface area (Å²) in [5.74, 6) is -0.246. The van der Waals surface area contributed by atoms with E-state index in [9.17, 15) is 9.18 Å². The van der Waals surface area contributed by atoms with Gasteiger partial charge < -0.3 is 10.6 Å². The van der Waals surface area contributed by atoms with Gasteiger partial charge in [0.2, 0.25) is 5.91 Å². The Kier molecular flexibility index (Phi) is 3.43. The van der Waals surface area contributed by atoms with Gasteiger partial charge in [-0.2, -0.15) is 0 Å². The Morgan fingerprint density at radius 1 is 1.47 bits per heavy atom. The van der Waals surface area contributed by atoms with Crippen molar-refractivity contribution in [3.63, 3.8) is 0 Å². The van der Waals surface area contributed by atoms with Gasteiger partial charge in [-0.15, -0.1) is 0 Å². The summed E-state index contributed by atoms with van der Waals surface area (Å²) in [5, 5.41) is 6.08. The third kappa shape index (κ3) is 2.82. The van der Waals surface area contributed by atoms with Gasteiger partial charge in [-0.1, -0.05) is 12.1 Å². The molecule has 1 atom stereocenters. The van der Waals surface area contributed by atoms with Gasteiger partial charge >= 0.3 is 0 Å². The number of hydrogen-bond acceptors (Lipinski definition) is 2. The zero-order valence-electron chi connectivity index (χ0n) is 9.92. The Labute approximate surface area is 100 Å². The van der Waals surface area contributed by atoms with Crippen molar-refractivity contribution in [2.24, 2.45) is 0 Å². The van der Waals surface area contributed by atoms with Crippen molar-refractivity contribution in [1.29, 1.82) is 0 Å². The molecule has 17 heavy (non-hydrogen) atoms. The van der Waals surface area contributed by atoms with Crippen LogP contribution in [0.4, 0.5) is 4.39 Å². The maximum Gasteiger partial charge on any atom is 0.240 e. The van der Waals surface area contributed by atoms with Gasteiger partial charge in [0.1, 0.15) is 5.82 Å². The molecule has 1 aliphatic rings. The molecular formula is C13H17FN2O. The summed E-state index contributed by atoms with van der Waals surface area (Å²) in [6, 6.07) is 6.16. The summed E-state index contributed by atoms with van der Waals surface area (Å²) in [5.41, 5.74) is 0.460. The van der Waals surface area contributed by atoms with Crippen LogP contribution in [0.15, 0.2) is 24.3 Å². The van der Waals surface area contributed by atoms with Crippen LogP contribution in [-0.4, -0.2) is 18.0 Å². The molecule has 2 rings (SSSR count). The lowest BCUT2D eigenvalue weighted by Crippen LogP contribution is -2.50. The quantitative estimate of drug-likeness (QED) is 0.836. The molecule has 1 heterocycles. The van der Waals surface area contributed by atoms with Crippen LogP contribution in [0.25, 0.3) is 0 Å². The molecule has 92 valence electrons. The molecule has 2 N–H and O–H groups in total. The lowest BCUT2D eigenvalue weighted by Gasteiger charge is -2.23. The summed E-state index contributed by atoms with van der Waals surface area (Å²) in [7, 11) is 0. The van der Waals surface area contributed by atoms with Gasteiger partial charge in [0.05, 0.1) is 5.54 Å². The third-order valence-electron chi connectivity index (χ3n) is 3.24. The number of benzene rings is 1. The molecule has 1 saturated heterocycles. The van der Waals surface area contributed by atoms with Gasteiger partial charge in [0.15, 0.2) is 0 Å². The first kappa shape index (κ1) is 12.0. The summed E-state index contributed by atoms with van der Waals surface area (Å²) < 4.78 is 12.7. The second-order valence-corrected chi connectivity index (χ2v) is 4.67. The minimum atomic E-state index is -0.444. The maximum absolute atomic E-state index is 12.7. The van der Waals surface area contributed by atoms with Crippen molar-refractivity contribution >= 4 is 5.91 Å². The van der Waals surface area contributed by atoms with E-state index in [0.29, 0.717) is 6.54 Å². The summed E-state index contributed by atoms with van der Waals surface area (Å²) in [4.78, 5) is 12.0. The third-order valence-corrected chi connectivity index (χ3v) is 3.24.